The molecule has 0 aliphatic carbocycles. The molecule has 1 heterocycles. The fourth-order valence-electron chi connectivity index (χ4n) is 1.54. The van der Waals surface area contributed by atoms with Crippen LogP contribution in [-0.2, 0) is 0 Å². The topological polar surface area (TPSA) is 34.1 Å². The third-order valence-corrected chi connectivity index (χ3v) is 3.04. The van der Waals surface area contributed by atoms with Gasteiger partial charge in [-0.3, -0.25) is 0 Å². The van der Waals surface area contributed by atoms with Crippen LogP contribution in [0.1, 0.15) is 39.5 Å². The molecule has 3 nitrogen and oxygen atoms in total. The Labute approximate surface area is 119 Å². The Morgan fingerprint density at radius 2 is 1.94 bits per heavy atom. The van der Waals surface area contributed by atoms with Crippen molar-refractivity contribution in [3.8, 4) is 5.88 Å². The zero-order valence-electron chi connectivity index (χ0n) is 10.9. The monoisotopic (exact) mass is 290 g/mol. The highest BCUT2D eigenvalue weighted by Gasteiger charge is 2.09. The summed E-state index contributed by atoms with van der Waals surface area (Å²) in [4.78, 5) is 4.28. The second-order valence-corrected chi connectivity index (χ2v) is 4.86. The molecule has 5 heteroatoms. The molecule has 1 N–H and O–H groups in total. The molecule has 1 aromatic rings. The van der Waals surface area contributed by atoms with Crippen LogP contribution < -0.4 is 10.1 Å². The predicted octanol–water partition coefficient (Wildman–Crippen LogP) is 4.78. The maximum absolute atomic E-state index is 6.04. The Balaban J connectivity index is 2.56. The van der Waals surface area contributed by atoms with Gasteiger partial charge in [-0.15, -0.1) is 0 Å². The van der Waals surface area contributed by atoms with Crippen LogP contribution in [0.3, 0.4) is 0 Å². The van der Waals surface area contributed by atoms with Gasteiger partial charge < -0.3 is 10.1 Å². The summed E-state index contributed by atoms with van der Waals surface area (Å²) in [7, 11) is 0. The molecule has 102 valence electrons. The lowest BCUT2D eigenvalue weighted by atomic mass is 10.2. The lowest BCUT2D eigenvalue weighted by Crippen LogP contribution is -2.04. The van der Waals surface area contributed by atoms with Gasteiger partial charge >= 0.3 is 0 Å². The Morgan fingerprint density at radius 3 is 2.61 bits per heavy atom. The van der Waals surface area contributed by atoms with Crippen molar-refractivity contribution in [2.24, 2.45) is 0 Å². The molecule has 18 heavy (non-hydrogen) atoms. The fourth-order valence-corrected chi connectivity index (χ4v) is 2.02. The zero-order valence-corrected chi connectivity index (χ0v) is 12.4. The van der Waals surface area contributed by atoms with E-state index < -0.39 is 0 Å². The molecule has 0 aromatic carbocycles. The second kappa shape index (κ2) is 8.44. The first-order valence-corrected chi connectivity index (χ1v) is 7.17. The number of rotatable bonds is 8. The summed E-state index contributed by atoms with van der Waals surface area (Å²) in [5.41, 5.74) is 0. The highest BCUT2D eigenvalue weighted by atomic mass is 35.5. The summed E-state index contributed by atoms with van der Waals surface area (Å²) >= 11 is 12.1. The van der Waals surface area contributed by atoms with E-state index in [9.17, 15) is 0 Å². The molecule has 0 fully saturated rings. The van der Waals surface area contributed by atoms with Crippen LogP contribution in [0.25, 0.3) is 0 Å². The van der Waals surface area contributed by atoms with Gasteiger partial charge in [0, 0.05) is 6.54 Å². The normalized spacial score (nSPS) is 10.4. The summed E-state index contributed by atoms with van der Waals surface area (Å²) in [5.74, 6) is 1.07. The number of anilines is 1. The molecule has 0 bridgehead atoms. The number of aromatic nitrogens is 1. The van der Waals surface area contributed by atoms with Crippen molar-refractivity contribution in [1.29, 1.82) is 0 Å². The van der Waals surface area contributed by atoms with E-state index in [1.165, 1.54) is 19.3 Å². The van der Waals surface area contributed by atoms with Gasteiger partial charge in [-0.05, 0) is 19.4 Å². The Bertz CT molecular complexity index is 372. The largest absolute Gasteiger partial charge is 0.477 e. The van der Waals surface area contributed by atoms with Gasteiger partial charge in [0.1, 0.15) is 10.8 Å². The first-order chi connectivity index (χ1) is 8.69. The van der Waals surface area contributed by atoms with Crippen molar-refractivity contribution < 1.29 is 4.74 Å². The number of ether oxygens (including phenoxy) is 1. The third-order valence-electron chi connectivity index (χ3n) is 2.48. The maximum Gasteiger partial charge on any atom is 0.234 e. The number of nitrogens with one attached hydrogen (secondary N) is 1. The van der Waals surface area contributed by atoms with E-state index in [-0.39, 0.29) is 0 Å². The third kappa shape index (κ3) is 4.91. The van der Waals surface area contributed by atoms with E-state index in [0.29, 0.717) is 28.3 Å². The maximum atomic E-state index is 6.04. The van der Waals surface area contributed by atoms with E-state index in [4.69, 9.17) is 27.9 Å². The summed E-state index contributed by atoms with van der Waals surface area (Å²) in [6.45, 7) is 5.56. The van der Waals surface area contributed by atoms with E-state index in [2.05, 4.69) is 17.2 Å². The Morgan fingerprint density at radius 1 is 1.17 bits per heavy atom. The smallest absolute Gasteiger partial charge is 0.234 e. The predicted molar refractivity (Wildman–Crippen MR) is 78.1 cm³/mol. The van der Waals surface area contributed by atoms with Crippen LogP contribution in [0.5, 0.6) is 5.88 Å². The molecule has 0 aliphatic heterocycles. The number of nitrogens with zero attached hydrogens (tertiary/aromatic N) is 1. The van der Waals surface area contributed by atoms with Crippen LogP contribution in [0.15, 0.2) is 6.07 Å². The SMILES string of the molecule is CCCCCCOc1nc(NCC)c(Cl)cc1Cl. The highest BCUT2D eigenvalue weighted by molar-refractivity contribution is 6.36. The van der Waals surface area contributed by atoms with Crippen molar-refractivity contribution in [1.82, 2.24) is 4.98 Å². The molecule has 0 unspecified atom stereocenters. The van der Waals surface area contributed by atoms with Gasteiger partial charge in [-0.2, -0.15) is 4.98 Å². The van der Waals surface area contributed by atoms with E-state index in [0.717, 1.165) is 13.0 Å². The van der Waals surface area contributed by atoms with Crippen molar-refractivity contribution in [2.45, 2.75) is 39.5 Å². The summed E-state index contributed by atoms with van der Waals surface area (Å²) in [6.07, 6.45) is 4.63. The van der Waals surface area contributed by atoms with E-state index >= 15 is 0 Å². The second-order valence-electron chi connectivity index (χ2n) is 4.05. The number of hydrogen-bond acceptors (Lipinski definition) is 3. The summed E-state index contributed by atoms with van der Waals surface area (Å²) in [6, 6.07) is 1.66. The number of unbranched alkanes of at least 4 members (excludes halogenated alkanes) is 3. The van der Waals surface area contributed by atoms with Gasteiger partial charge in [0.25, 0.3) is 0 Å². The van der Waals surface area contributed by atoms with Crippen LogP contribution in [0.2, 0.25) is 10.0 Å². The van der Waals surface area contributed by atoms with Gasteiger partial charge in [-0.25, -0.2) is 0 Å². The van der Waals surface area contributed by atoms with Crippen molar-refractivity contribution >= 4 is 29.0 Å². The highest BCUT2D eigenvalue weighted by Crippen LogP contribution is 2.30. The van der Waals surface area contributed by atoms with Crippen LogP contribution in [0.4, 0.5) is 5.82 Å². The molecule has 0 radical (unpaired) electrons. The summed E-state index contributed by atoms with van der Waals surface area (Å²) in [5, 5.41) is 4.04. The molecule has 1 aromatic heterocycles. The number of pyridine rings is 1. The number of hydrogen-bond donors (Lipinski definition) is 1. The minimum absolute atomic E-state index is 0.452. The molecule has 0 atom stereocenters. The van der Waals surface area contributed by atoms with Gasteiger partial charge in [-0.1, -0.05) is 49.4 Å². The Hall–Kier alpha value is -0.670. The van der Waals surface area contributed by atoms with Crippen LogP contribution in [0, 0.1) is 0 Å². The Kier molecular flexibility index (Phi) is 7.21. The lowest BCUT2D eigenvalue weighted by Gasteiger charge is -2.10. The first kappa shape index (κ1) is 15.4. The minimum Gasteiger partial charge on any atom is -0.477 e. The molecule has 1 rings (SSSR count). The van der Waals surface area contributed by atoms with Crippen LogP contribution in [-0.4, -0.2) is 18.1 Å². The molecule has 0 aliphatic rings. The molecular weight excluding hydrogens is 271 g/mol. The fraction of sp³-hybridized carbons (Fsp3) is 0.615. The standard InChI is InChI=1S/C13H20Cl2N2O/c1-3-5-6-7-8-18-13-11(15)9-10(14)12(17-13)16-4-2/h9H,3-8H2,1-2H3,(H,16,17). The van der Waals surface area contributed by atoms with E-state index in [1.807, 2.05) is 6.92 Å². The zero-order chi connectivity index (χ0) is 13.4. The van der Waals surface area contributed by atoms with Gasteiger partial charge in [0.15, 0.2) is 0 Å². The van der Waals surface area contributed by atoms with Gasteiger partial charge in [0.2, 0.25) is 5.88 Å². The van der Waals surface area contributed by atoms with Gasteiger partial charge in [0.05, 0.1) is 11.6 Å². The molecular formula is C13H20Cl2N2O. The molecule has 0 spiro atoms. The average molecular weight is 291 g/mol. The average Bonchev–Trinajstić information content (AvgIpc) is 2.34. The quantitative estimate of drug-likeness (QED) is 0.700. The van der Waals surface area contributed by atoms with Crippen LogP contribution >= 0.6 is 23.2 Å². The number of halogens is 2. The van der Waals surface area contributed by atoms with Crippen molar-refractivity contribution in [3.05, 3.63) is 16.1 Å². The molecule has 0 saturated carbocycles. The summed E-state index contributed by atoms with van der Waals surface area (Å²) < 4.78 is 5.58. The minimum atomic E-state index is 0.452. The molecule has 0 saturated heterocycles. The van der Waals surface area contributed by atoms with Crippen molar-refractivity contribution in [2.75, 3.05) is 18.5 Å². The van der Waals surface area contributed by atoms with Crippen molar-refractivity contribution in [3.63, 3.8) is 0 Å². The van der Waals surface area contributed by atoms with E-state index in [1.54, 1.807) is 6.07 Å². The first-order valence-electron chi connectivity index (χ1n) is 6.41. The lowest BCUT2D eigenvalue weighted by molar-refractivity contribution is 0.294. The molecule has 0 amide bonds.